The third kappa shape index (κ3) is 9.00. The van der Waals surface area contributed by atoms with E-state index in [1.54, 1.807) is 73.8 Å². The normalized spacial score (nSPS) is 11.4. The number of anilines is 2. The molecule has 5 rings (SSSR count). The van der Waals surface area contributed by atoms with Crippen LogP contribution in [0, 0.1) is 0 Å². The summed E-state index contributed by atoms with van der Waals surface area (Å²) in [5, 5.41) is 13.3. The number of nitrogens with one attached hydrogen (secondary N) is 3. The van der Waals surface area contributed by atoms with E-state index in [1.807, 2.05) is 24.3 Å². The van der Waals surface area contributed by atoms with E-state index >= 15 is 0 Å². The molecule has 0 spiro atoms. The molecule has 5 aromatic rings. The molecule has 5 N–H and O–H groups in total. The van der Waals surface area contributed by atoms with Crippen molar-refractivity contribution in [2.24, 2.45) is 5.14 Å². The molecule has 1 aromatic heterocycles. The van der Waals surface area contributed by atoms with Gasteiger partial charge in [-0.05, 0) is 84.9 Å². The van der Waals surface area contributed by atoms with Crippen molar-refractivity contribution in [2.45, 2.75) is 9.79 Å². The monoisotopic (exact) mass is 682 g/mol. The largest absolute Gasteiger partial charge is 0.496 e. The van der Waals surface area contributed by atoms with Crippen molar-refractivity contribution in [2.75, 3.05) is 23.5 Å². The van der Waals surface area contributed by atoms with Gasteiger partial charge in [-0.3, -0.25) is 14.4 Å². The van der Waals surface area contributed by atoms with Crippen molar-refractivity contribution in [1.29, 1.82) is 0 Å². The van der Waals surface area contributed by atoms with E-state index in [0.717, 1.165) is 10.5 Å². The maximum Gasteiger partial charge on any atom is 0.272 e. The van der Waals surface area contributed by atoms with Crippen LogP contribution in [-0.4, -0.2) is 39.0 Å². The van der Waals surface area contributed by atoms with Gasteiger partial charge in [-0.2, -0.15) is 0 Å². The van der Waals surface area contributed by atoms with E-state index in [2.05, 4.69) is 16.0 Å². The molecule has 1 heterocycles. The highest BCUT2D eigenvalue weighted by Crippen LogP contribution is 2.31. The Labute approximate surface area is 281 Å². The summed E-state index contributed by atoms with van der Waals surface area (Å²) >= 11 is 1.27. The average Bonchev–Trinajstić information content (AvgIpc) is 3.56. The molecule has 11 nitrogen and oxygen atoms in total. The second-order valence-electron chi connectivity index (χ2n) is 10.2. The first kappa shape index (κ1) is 33.7. The molecule has 0 aliphatic rings. The van der Waals surface area contributed by atoms with Crippen LogP contribution in [0.3, 0.4) is 0 Å². The minimum atomic E-state index is -3.83. The van der Waals surface area contributed by atoms with Crippen LogP contribution in [0.2, 0.25) is 0 Å². The summed E-state index contributed by atoms with van der Waals surface area (Å²) in [6.07, 6.45) is 1.44. The van der Waals surface area contributed by atoms with Crippen molar-refractivity contribution < 1.29 is 32.0 Å². The average molecular weight is 683 g/mol. The summed E-state index contributed by atoms with van der Waals surface area (Å²) < 4.78 is 34.3. The highest BCUT2D eigenvalue weighted by molar-refractivity contribution is 8.00. The van der Waals surface area contributed by atoms with E-state index in [1.165, 1.54) is 42.1 Å². The van der Waals surface area contributed by atoms with E-state index in [4.69, 9.17) is 14.3 Å². The first-order valence-corrected chi connectivity index (χ1v) is 16.9. The van der Waals surface area contributed by atoms with Crippen LogP contribution >= 0.6 is 11.8 Å². The fourth-order valence-corrected chi connectivity index (χ4v) is 5.63. The Bertz CT molecular complexity index is 2060. The molecular formula is C35H30N4O7S2. The van der Waals surface area contributed by atoms with Crippen LogP contribution in [-0.2, 0) is 19.6 Å². The van der Waals surface area contributed by atoms with Crippen LogP contribution in [0.25, 0.3) is 17.4 Å². The topological polar surface area (TPSA) is 170 Å². The van der Waals surface area contributed by atoms with Gasteiger partial charge in [0.25, 0.3) is 11.8 Å². The lowest BCUT2D eigenvalue weighted by atomic mass is 10.1. The van der Waals surface area contributed by atoms with Gasteiger partial charge in [-0.15, -0.1) is 11.8 Å². The number of amides is 3. The Morgan fingerprint density at radius 1 is 0.812 bits per heavy atom. The molecular weight excluding hydrogens is 653 g/mol. The van der Waals surface area contributed by atoms with Gasteiger partial charge in [0.1, 0.15) is 23.0 Å². The fourth-order valence-electron chi connectivity index (χ4n) is 4.41. The summed E-state index contributed by atoms with van der Waals surface area (Å²) in [4.78, 5) is 39.6. The van der Waals surface area contributed by atoms with Gasteiger partial charge < -0.3 is 25.1 Å². The predicted octanol–water partition coefficient (Wildman–Crippen LogP) is 5.74. The van der Waals surface area contributed by atoms with Crippen LogP contribution in [0.1, 0.15) is 16.1 Å². The summed E-state index contributed by atoms with van der Waals surface area (Å²) in [6.45, 7) is 0. The SMILES string of the molecule is COc1ccccc1-c1ccc(/C=C(/NC(=O)c2ccccc2)C(=O)Nc2ccc(SCC(=O)Nc3ccc(S(N)(=O)=O)cc3)cc2)o1. The smallest absolute Gasteiger partial charge is 0.272 e. The molecule has 0 aliphatic heterocycles. The highest BCUT2D eigenvalue weighted by atomic mass is 32.2. The Balaban J connectivity index is 1.25. The lowest BCUT2D eigenvalue weighted by Crippen LogP contribution is -2.30. The minimum absolute atomic E-state index is 0.0444. The van der Waals surface area contributed by atoms with Crippen LogP contribution in [0.4, 0.5) is 11.4 Å². The van der Waals surface area contributed by atoms with Crippen molar-refractivity contribution in [1.82, 2.24) is 5.32 Å². The first-order valence-electron chi connectivity index (χ1n) is 14.4. The zero-order chi connectivity index (χ0) is 34.1. The number of primary sulfonamides is 1. The zero-order valence-electron chi connectivity index (χ0n) is 25.5. The van der Waals surface area contributed by atoms with E-state index in [0.29, 0.717) is 34.2 Å². The van der Waals surface area contributed by atoms with E-state index in [-0.39, 0.29) is 22.3 Å². The van der Waals surface area contributed by atoms with Gasteiger partial charge in [0.05, 0.1) is 23.3 Å². The number of hydrogen-bond acceptors (Lipinski definition) is 8. The molecule has 244 valence electrons. The molecule has 0 bridgehead atoms. The maximum atomic E-state index is 13.5. The molecule has 0 saturated carbocycles. The van der Waals surface area contributed by atoms with Crippen molar-refractivity contribution in [3.05, 3.63) is 132 Å². The lowest BCUT2D eigenvalue weighted by molar-refractivity contribution is -0.114. The number of hydrogen-bond donors (Lipinski definition) is 4. The predicted molar refractivity (Wildman–Crippen MR) is 185 cm³/mol. The number of carbonyl (C=O) groups excluding carboxylic acids is 3. The molecule has 3 amide bonds. The van der Waals surface area contributed by atoms with Gasteiger partial charge in [-0.25, -0.2) is 13.6 Å². The summed E-state index contributed by atoms with van der Waals surface area (Å²) in [6, 6.07) is 31.7. The lowest BCUT2D eigenvalue weighted by Gasteiger charge is -2.11. The zero-order valence-corrected chi connectivity index (χ0v) is 27.1. The number of carbonyl (C=O) groups is 3. The van der Waals surface area contributed by atoms with Crippen LogP contribution in [0.15, 0.2) is 135 Å². The molecule has 0 saturated heterocycles. The number of nitrogens with two attached hydrogens (primary N) is 1. The number of sulfonamides is 1. The minimum Gasteiger partial charge on any atom is -0.496 e. The third-order valence-electron chi connectivity index (χ3n) is 6.76. The molecule has 0 atom stereocenters. The second kappa shape index (κ2) is 15.3. The number of benzene rings is 4. The number of methoxy groups -OCH3 is 1. The number of ether oxygens (including phenoxy) is 1. The van der Waals surface area contributed by atoms with Crippen molar-refractivity contribution in [3.63, 3.8) is 0 Å². The molecule has 0 aliphatic carbocycles. The third-order valence-corrected chi connectivity index (χ3v) is 8.70. The molecule has 13 heteroatoms. The summed E-state index contributed by atoms with van der Waals surface area (Å²) in [7, 11) is -2.26. The van der Waals surface area contributed by atoms with Gasteiger partial charge >= 0.3 is 0 Å². The van der Waals surface area contributed by atoms with E-state index in [9.17, 15) is 22.8 Å². The molecule has 0 radical (unpaired) electrons. The van der Waals surface area contributed by atoms with Gasteiger partial charge in [-0.1, -0.05) is 30.3 Å². The van der Waals surface area contributed by atoms with Crippen LogP contribution < -0.4 is 25.8 Å². The standard InChI is InChI=1S/C35H30N4O7S2/c1-45-31-10-6-5-9-29(31)32-20-15-26(46-32)21-30(39-34(41)23-7-3-2-4-8-23)35(42)38-25-11-16-27(17-12-25)47-22-33(40)37-24-13-18-28(19-14-24)48(36,43)44/h2-21H,22H2,1H3,(H,37,40)(H,38,42)(H,39,41)(H2,36,43,44)/b30-21+. The molecule has 0 unspecified atom stereocenters. The molecule has 0 fully saturated rings. The van der Waals surface area contributed by atoms with Gasteiger partial charge in [0, 0.05) is 27.9 Å². The number of rotatable bonds is 12. The molecule has 4 aromatic carbocycles. The Kier molecular flexibility index (Phi) is 10.8. The highest BCUT2D eigenvalue weighted by Gasteiger charge is 2.17. The van der Waals surface area contributed by atoms with Gasteiger partial charge in [0.2, 0.25) is 15.9 Å². The summed E-state index contributed by atoms with van der Waals surface area (Å²) in [5.41, 5.74) is 1.94. The van der Waals surface area contributed by atoms with Crippen molar-refractivity contribution >= 4 is 57.0 Å². The number of para-hydroxylation sites is 1. The van der Waals surface area contributed by atoms with Gasteiger partial charge in [0.15, 0.2) is 0 Å². The van der Waals surface area contributed by atoms with Crippen molar-refractivity contribution in [3.8, 4) is 17.1 Å². The first-order chi connectivity index (χ1) is 23.1. The molecule has 48 heavy (non-hydrogen) atoms. The quantitative estimate of drug-likeness (QED) is 0.0953. The Morgan fingerprint density at radius 2 is 1.46 bits per heavy atom. The summed E-state index contributed by atoms with van der Waals surface area (Å²) in [5.74, 6) is 0.214. The second-order valence-corrected chi connectivity index (χ2v) is 12.8. The maximum absolute atomic E-state index is 13.5. The fraction of sp³-hybridized carbons (Fsp3) is 0.0571. The Morgan fingerprint density at radius 3 is 2.15 bits per heavy atom. The number of furan rings is 1. The number of thioether (sulfide) groups is 1. The van der Waals surface area contributed by atoms with E-state index < -0.39 is 21.8 Å². The van der Waals surface area contributed by atoms with Crippen LogP contribution in [0.5, 0.6) is 5.75 Å². The Hall–Kier alpha value is -5.63.